The predicted molar refractivity (Wildman–Crippen MR) is 50.5 cm³/mol. The molecule has 0 aliphatic carbocycles. The van der Waals surface area contributed by atoms with Crippen LogP contribution in [0, 0.1) is 0 Å². The molecule has 0 aliphatic rings. The van der Waals surface area contributed by atoms with Crippen LogP contribution in [-0.4, -0.2) is 90.4 Å². The molecular formula is C6H12CaN2O6. The van der Waals surface area contributed by atoms with Crippen molar-refractivity contribution in [1.82, 2.24) is 4.90 Å². The van der Waals surface area contributed by atoms with Crippen molar-refractivity contribution in [1.29, 1.82) is 0 Å². The zero-order chi connectivity index (χ0) is 11.1. The molecule has 0 saturated carbocycles. The molecule has 0 unspecified atom stereocenters. The van der Waals surface area contributed by atoms with Crippen LogP contribution in [0.25, 0.3) is 0 Å². The molecule has 0 radical (unpaired) electrons. The van der Waals surface area contributed by atoms with Gasteiger partial charge < -0.3 is 15.1 Å². The minimum absolute atomic E-state index is 0. The molecule has 0 spiro atoms. The Hall–Kier alpha value is -0.410. The fourth-order valence-electron chi connectivity index (χ4n) is 0.770. The van der Waals surface area contributed by atoms with E-state index in [1.165, 1.54) is 0 Å². The number of aliphatic carboxylic acids is 2. The van der Waals surface area contributed by atoms with Crippen molar-refractivity contribution >= 4 is 55.6 Å². The summed E-state index contributed by atoms with van der Waals surface area (Å²) in [6, 6.07) is 0. The van der Waals surface area contributed by atoms with Gasteiger partial charge in [-0.2, -0.15) is 5.90 Å². The number of carbonyl (C=O) groups excluding carboxylic acids is 1. The maximum absolute atomic E-state index is 10.6. The van der Waals surface area contributed by atoms with Crippen molar-refractivity contribution in [2.24, 2.45) is 5.90 Å². The fourth-order valence-corrected chi connectivity index (χ4v) is 0.770. The molecule has 4 N–H and O–H groups in total. The number of nitrogens with two attached hydrogens (primary N) is 1. The predicted octanol–water partition coefficient (Wildman–Crippen LogP) is -3.04. The van der Waals surface area contributed by atoms with Gasteiger partial charge in [0, 0.05) is 0 Å². The van der Waals surface area contributed by atoms with Crippen LogP contribution < -0.4 is 5.90 Å². The topological polar surface area (TPSA) is 130 Å². The van der Waals surface area contributed by atoms with E-state index >= 15 is 0 Å². The monoisotopic (exact) mass is 248 g/mol. The standard InChI is InChI=1S/C6H10N2O6.Ca.2H/c7-14-6(13)3-8(1-4(9)10)2-5(11)12;;;/h1-3,7H2,(H,9,10)(H,11,12);;;. The van der Waals surface area contributed by atoms with E-state index in [4.69, 9.17) is 10.2 Å². The second kappa shape index (κ2) is 8.86. The summed E-state index contributed by atoms with van der Waals surface area (Å²) in [5, 5.41) is 16.7. The molecule has 0 aromatic carbocycles. The van der Waals surface area contributed by atoms with Gasteiger partial charge in [0.2, 0.25) is 0 Å². The third-order valence-electron chi connectivity index (χ3n) is 1.20. The van der Waals surface area contributed by atoms with Gasteiger partial charge >= 0.3 is 55.6 Å². The van der Waals surface area contributed by atoms with Gasteiger partial charge in [-0.3, -0.25) is 14.5 Å². The van der Waals surface area contributed by atoms with Crippen LogP contribution in [-0.2, 0) is 19.2 Å². The normalized spacial score (nSPS) is 9.20. The summed E-state index contributed by atoms with van der Waals surface area (Å²) in [6.45, 7) is -1.61. The Morgan fingerprint density at radius 3 is 1.73 bits per heavy atom. The molecular weight excluding hydrogens is 236 g/mol. The SMILES string of the molecule is NOC(=O)CN(CC(=O)O)CC(=O)O.[CaH2]. The number of rotatable bonds is 6. The van der Waals surface area contributed by atoms with Gasteiger partial charge in [-0.1, -0.05) is 0 Å². The molecule has 0 fully saturated rings. The molecule has 0 atom stereocenters. The zero-order valence-electron chi connectivity index (χ0n) is 7.17. The van der Waals surface area contributed by atoms with E-state index in [2.05, 4.69) is 10.7 Å². The fraction of sp³-hybridized carbons (Fsp3) is 0.500. The van der Waals surface area contributed by atoms with Gasteiger partial charge in [-0.25, -0.2) is 4.79 Å². The molecule has 0 heterocycles. The second-order valence-corrected chi connectivity index (χ2v) is 2.42. The summed E-state index contributed by atoms with van der Waals surface area (Å²) in [5.74, 6) is 1.14. The van der Waals surface area contributed by atoms with Gasteiger partial charge in [0.1, 0.15) is 0 Å². The number of hydrogen-bond donors (Lipinski definition) is 3. The summed E-state index contributed by atoms with van der Waals surface area (Å²) < 4.78 is 0. The molecule has 0 aromatic heterocycles. The summed E-state index contributed by atoms with van der Waals surface area (Å²) in [6.07, 6.45) is 0. The van der Waals surface area contributed by atoms with Crippen LogP contribution in [0.2, 0.25) is 0 Å². The first-order valence-electron chi connectivity index (χ1n) is 3.51. The van der Waals surface area contributed by atoms with Crippen molar-refractivity contribution in [2.75, 3.05) is 19.6 Å². The average Bonchev–Trinajstić information content (AvgIpc) is 2.01. The number of carboxylic acid groups (broad SMARTS) is 2. The van der Waals surface area contributed by atoms with E-state index in [9.17, 15) is 14.4 Å². The van der Waals surface area contributed by atoms with Gasteiger partial charge in [-0.05, 0) is 0 Å². The summed E-state index contributed by atoms with van der Waals surface area (Å²) in [5.41, 5.74) is 0. The van der Waals surface area contributed by atoms with Crippen LogP contribution in [0.1, 0.15) is 0 Å². The van der Waals surface area contributed by atoms with E-state index in [1.807, 2.05) is 0 Å². The van der Waals surface area contributed by atoms with E-state index in [0.717, 1.165) is 4.90 Å². The number of carbonyl (C=O) groups is 3. The van der Waals surface area contributed by atoms with Crippen molar-refractivity contribution < 1.29 is 29.4 Å². The van der Waals surface area contributed by atoms with Crippen LogP contribution in [0.4, 0.5) is 0 Å². The first-order valence-corrected chi connectivity index (χ1v) is 3.51. The van der Waals surface area contributed by atoms with E-state index in [0.29, 0.717) is 0 Å². The summed E-state index contributed by atoms with van der Waals surface area (Å²) >= 11 is 0. The maximum atomic E-state index is 10.6. The van der Waals surface area contributed by atoms with Gasteiger partial charge in [0.05, 0.1) is 19.6 Å². The van der Waals surface area contributed by atoms with Crippen molar-refractivity contribution in [3.63, 3.8) is 0 Å². The van der Waals surface area contributed by atoms with E-state index in [1.54, 1.807) is 0 Å². The molecule has 15 heavy (non-hydrogen) atoms. The van der Waals surface area contributed by atoms with Crippen LogP contribution in [0.3, 0.4) is 0 Å². The Labute approximate surface area is 115 Å². The van der Waals surface area contributed by atoms with Gasteiger partial charge in [0.15, 0.2) is 0 Å². The number of carboxylic acids is 2. The van der Waals surface area contributed by atoms with Gasteiger partial charge in [0.25, 0.3) is 0 Å². The molecule has 0 bridgehead atoms. The first kappa shape index (κ1) is 17.0. The Morgan fingerprint density at radius 2 is 1.47 bits per heavy atom. The summed E-state index contributed by atoms with van der Waals surface area (Å²) in [7, 11) is 0. The van der Waals surface area contributed by atoms with Crippen molar-refractivity contribution in [2.45, 2.75) is 0 Å². The Balaban J connectivity index is 0. The van der Waals surface area contributed by atoms with Crippen LogP contribution in [0.5, 0.6) is 0 Å². The number of hydrogen-bond acceptors (Lipinski definition) is 6. The zero-order valence-corrected chi connectivity index (χ0v) is 7.17. The molecule has 84 valence electrons. The molecule has 8 nitrogen and oxygen atoms in total. The van der Waals surface area contributed by atoms with Crippen LogP contribution in [0.15, 0.2) is 0 Å². The second-order valence-electron chi connectivity index (χ2n) is 2.42. The van der Waals surface area contributed by atoms with E-state index in [-0.39, 0.29) is 37.7 Å². The Morgan fingerprint density at radius 1 is 1.07 bits per heavy atom. The molecule has 9 heteroatoms. The Bertz CT molecular complexity index is 230. The molecule has 0 saturated heterocycles. The third-order valence-corrected chi connectivity index (χ3v) is 1.20. The van der Waals surface area contributed by atoms with Crippen LogP contribution >= 0.6 is 0 Å². The molecule has 0 aliphatic heterocycles. The minimum atomic E-state index is -1.24. The average molecular weight is 248 g/mol. The molecule has 0 aromatic rings. The van der Waals surface area contributed by atoms with Crippen molar-refractivity contribution in [3.8, 4) is 0 Å². The van der Waals surface area contributed by atoms with Gasteiger partial charge in [-0.15, -0.1) is 0 Å². The molecule has 0 amide bonds. The Kier molecular flexibility index (Phi) is 10.0. The van der Waals surface area contributed by atoms with E-state index < -0.39 is 37.5 Å². The quantitative estimate of drug-likeness (QED) is 0.334. The summed E-state index contributed by atoms with van der Waals surface area (Å²) in [4.78, 5) is 35.7. The van der Waals surface area contributed by atoms with Crippen molar-refractivity contribution in [3.05, 3.63) is 0 Å². The number of nitrogens with zero attached hydrogens (tertiary/aromatic N) is 1. The third kappa shape index (κ3) is 9.88. The first-order chi connectivity index (χ1) is 6.45. The molecule has 0 rings (SSSR count).